The average molecular weight is 415 g/mol. The van der Waals surface area contributed by atoms with Gasteiger partial charge in [0.1, 0.15) is 5.76 Å². The van der Waals surface area contributed by atoms with Gasteiger partial charge in [-0.15, -0.1) is 0 Å². The van der Waals surface area contributed by atoms with E-state index in [1.54, 1.807) is 18.2 Å². The Morgan fingerprint density at radius 3 is 2.57 bits per heavy atom. The number of anilines is 1. The van der Waals surface area contributed by atoms with Gasteiger partial charge in [0.25, 0.3) is 0 Å². The minimum Gasteiger partial charge on any atom is -0.478 e. The summed E-state index contributed by atoms with van der Waals surface area (Å²) in [7, 11) is 0. The molecule has 5 nitrogen and oxygen atoms in total. The number of amides is 1. The molecular weight excluding hydrogens is 406 g/mol. The quantitative estimate of drug-likeness (QED) is 0.736. The van der Waals surface area contributed by atoms with Crippen LogP contribution in [0.5, 0.6) is 0 Å². The molecular formula is C14H9Br2NO4. The van der Waals surface area contributed by atoms with Crippen LogP contribution < -0.4 is 5.32 Å². The number of carbonyl (C=O) groups is 2. The molecule has 108 valence electrons. The van der Waals surface area contributed by atoms with Gasteiger partial charge in [-0.3, -0.25) is 4.79 Å². The zero-order valence-electron chi connectivity index (χ0n) is 10.5. The van der Waals surface area contributed by atoms with Crippen LogP contribution in [0.4, 0.5) is 5.69 Å². The van der Waals surface area contributed by atoms with E-state index >= 15 is 0 Å². The molecule has 0 spiro atoms. The van der Waals surface area contributed by atoms with E-state index in [4.69, 9.17) is 9.52 Å². The number of halogens is 2. The van der Waals surface area contributed by atoms with E-state index in [9.17, 15) is 9.59 Å². The molecule has 0 unspecified atom stereocenters. The van der Waals surface area contributed by atoms with Crippen LogP contribution in [0.2, 0.25) is 0 Å². The number of hydrogen-bond donors (Lipinski definition) is 2. The summed E-state index contributed by atoms with van der Waals surface area (Å²) in [5, 5.41) is 11.5. The number of nitrogens with one attached hydrogen (secondary N) is 1. The normalized spacial score (nSPS) is 10.8. The molecule has 1 aromatic carbocycles. The lowest BCUT2D eigenvalue weighted by molar-refractivity contribution is -0.111. The lowest BCUT2D eigenvalue weighted by Gasteiger charge is -2.06. The number of carboxylic acids is 1. The largest absolute Gasteiger partial charge is 0.478 e. The summed E-state index contributed by atoms with van der Waals surface area (Å²) >= 11 is 6.41. The highest BCUT2D eigenvalue weighted by molar-refractivity contribution is 9.10. The summed E-state index contributed by atoms with van der Waals surface area (Å²) in [6, 6.07) is 7.80. The monoisotopic (exact) mass is 413 g/mol. The van der Waals surface area contributed by atoms with Crippen molar-refractivity contribution in [2.24, 2.45) is 0 Å². The van der Waals surface area contributed by atoms with E-state index in [-0.39, 0.29) is 5.56 Å². The third-order valence-electron chi connectivity index (χ3n) is 2.46. The van der Waals surface area contributed by atoms with Gasteiger partial charge in [-0.05, 0) is 68.3 Å². The van der Waals surface area contributed by atoms with Crippen LogP contribution in [0.3, 0.4) is 0 Å². The Kier molecular flexibility index (Phi) is 4.98. The van der Waals surface area contributed by atoms with Crippen LogP contribution in [0.1, 0.15) is 16.1 Å². The fraction of sp³-hybridized carbons (Fsp3) is 0. The van der Waals surface area contributed by atoms with Crippen molar-refractivity contribution < 1.29 is 19.1 Å². The van der Waals surface area contributed by atoms with Crippen molar-refractivity contribution in [2.75, 3.05) is 5.32 Å². The number of rotatable bonds is 4. The number of carboxylic acid groups (broad SMARTS) is 1. The second-order valence-corrected chi connectivity index (χ2v) is 5.60. The fourth-order valence-corrected chi connectivity index (χ4v) is 2.17. The Balaban J connectivity index is 2.10. The molecule has 0 bridgehead atoms. The van der Waals surface area contributed by atoms with Crippen molar-refractivity contribution in [3.63, 3.8) is 0 Å². The van der Waals surface area contributed by atoms with Gasteiger partial charge >= 0.3 is 5.97 Å². The Hall–Kier alpha value is -1.86. The minimum absolute atomic E-state index is 0.0902. The Bertz CT molecular complexity index is 722. The molecule has 2 rings (SSSR count). The van der Waals surface area contributed by atoms with Crippen molar-refractivity contribution in [2.45, 2.75) is 0 Å². The van der Waals surface area contributed by atoms with Crippen molar-refractivity contribution in [1.82, 2.24) is 0 Å². The first-order valence-corrected chi connectivity index (χ1v) is 7.31. The smallest absolute Gasteiger partial charge is 0.335 e. The number of furan rings is 1. The first-order chi connectivity index (χ1) is 9.95. The van der Waals surface area contributed by atoms with Gasteiger partial charge < -0.3 is 14.8 Å². The maximum Gasteiger partial charge on any atom is 0.335 e. The molecule has 1 aromatic heterocycles. The lowest BCUT2D eigenvalue weighted by Crippen LogP contribution is -2.09. The first-order valence-electron chi connectivity index (χ1n) is 5.73. The molecule has 0 aliphatic rings. The first kappa shape index (κ1) is 15.5. The summed E-state index contributed by atoms with van der Waals surface area (Å²) in [5.41, 5.74) is 0.470. The molecule has 7 heteroatoms. The van der Waals surface area contributed by atoms with Gasteiger partial charge in [0, 0.05) is 10.5 Å². The highest BCUT2D eigenvalue weighted by atomic mass is 79.9. The Morgan fingerprint density at radius 1 is 1.19 bits per heavy atom. The highest BCUT2D eigenvalue weighted by Gasteiger charge is 2.08. The van der Waals surface area contributed by atoms with Gasteiger partial charge in [-0.2, -0.15) is 0 Å². The number of carbonyl (C=O) groups excluding carboxylic acids is 1. The number of benzene rings is 1. The predicted octanol–water partition coefficient (Wildman–Crippen LogP) is 4.15. The molecule has 0 aliphatic carbocycles. The summed E-state index contributed by atoms with van der Waals surface area (Å²) in [6.45, 7) is 0. The minimum atomic E-state index is -1.06. The molecule has 0 saturated heterocycles. The molecule has 2 aromatic rings. The lowest BCUT2D eigenvalue weighted by atomic mass is 10.2. The van der Waals surface area contributed by atoms with Gasteiger partial charge in [0.15, 0.2) is 4.67 Å². The van der Waals surface area contributed by atoms with Crippen molar-refractivity contribution in [1.29, 1.82) is 0 Å². The van der Waals surface area contributed by atoms with E-state index < -0.39 is 11.9 Å². The number of hydrogen-bond acceptors (Lipinski definition) is 3. The van der Waals surface area contributed by atoms with Crippen LogP contribution >= 0.6 is 31.9 Å². The maximum atomic E-state index is 11.8. The van der Waals surface area contributed by atoms with Gasteiger partial charge in [0.05, 0.1) is 11.3 Å². The summed E-state index contributed by atoms with van der Waals surface area (Å²) < 4.78 is 6.38. The highest BCUT2D eigenvalue weighted by Crippen LogP contribution is 2.24. The van der Waals surface area contributed by atoms with E-state index in [0.717, 1.165) is 0 Å². The van der Waals surface area contributed by atoms with Crippen LogP contribution in [-0.4, -0.2) is 17.0 Å². The summed E-state index contributed by atoms with van der Waals surface area (Å²) in [5.74, 6) is -0.935. The SMILES string of the molecule is O=C(/C=C/c1ccc(Br)o1)Nc1cc(C(=O)O)ccc1Br. The van der Waals surface area contributed by atoms with Crippen molar-refractivity contribution >= 4 is 55.5 Å². The van der Waals surface area contributed by atoms with E-state index in [0.29, 0.717) is 20.6 Å². The average Bonchev–Trinajstić information content (AvgIpc) is 2.84. The molecule has 0 fully saturated rings. The summed E-state index contributed by atoms with van der Waals surface area (Å²) in [4.78, 5) is 22.7. The fourth-order valence-electron chi connectivity index (χ4n) is 1.50. The van der Waals surface area contributed by atoms with E-state index in [1.807, 2.05) is 0 Å². The van der Waals surface area contributed by atoms with Gasteiger partial charge in [-0.25, -0.2) is 4.79 Å². The summed E-state index contributed by atoms with van der Waals surface area (Å²) in [6.07, 6.45) is 2.81. The molecule has 0 saturated carbocycles. The molecule has 0 aliphatic heterocycles. The Morgan fingerprint density at radius 2 is 1.95 bits per heavy atom. The van der Waals surface area contributed by atoms with Crippen LogP contribution in [0, 0.1) is 0 Å². The Labute approximate surface area is 136 Å². The van der Waals surface area contributed by atoms with Gasteiger partial charge in [0.2, 0.25) is 5.91 Å². The maximum absolute atomic E-state index is 11.8. The standard InChI is InChI=1S/C14H9Br2NO4/c15-10-4-1-8(14(19)20)7-11(10)17-13(18)6-3-9-2-5-12(16)21-9/h1-7H,(H,17,18)(H,19,20)/b6-3+. The zero-order chi connectivity index (χ0) is 15.4. The topological polar surface area (TPSA) is 79.5 Å². The van der Waals surface area contributed by atoms with Gasteiger partial charge in [-0.1, -0.05) is 0 Å². The third-order valence-corrected chi connectivity index (χ3v) is 3.58. The van der Waals surface area contributed by atoms with Crippen molar-refractivity contribution in [3.05, 3.63) is 56.9 Å². The molecule has 0 atom stereocenters. The predicted molar refractivity (Wildman–Crippen MR) is 85.2 cm³/mol. The molecule has 1 heterocycles. The molecule has 0 radical (unpaired) electrons. The third kappa shape index (κ3) is 4.30. The van der Waals surface area contributed by atoms with E-state index in [1.165, 1.54) is 24.3 Å². The van der Waals surface area contributed by atoms with Crippen LogP contribution in [0.25, 0.3) is 6.08 Å². The number of aromatic carboxylic acids is 1. The van der Waals surface area contributed by atoms with Crippen molar-refractivity contribution in [3.8, 4) is 0 Å². The second kappa shape index (κ2) is 6.73. The molecule has 2 N–H and O–H groups in total. The van der Waals surface area contributed by atoms with E-state index in [2.05, 4.69) is 37.2 Å². The van der Waals surface area contributed by atoms with Crippen LogP contribution in [0.15, 0.2) is 50.0 Å². The molecule has 1 amide bonds. The second-order valence-electron chi connectivity index (χ2n) is 3.96. The molecule has 21 heavy (non-hydrogen) atoms. The van der Waals surface area contributed by atoms with Crippen LogP contribution in [-0.2, 0) is 4.79 Å². The zero-order valence-corrected chi connectivity index (χ0v) is 13.6.